The lowest BCUT2D eigenvalue weighted by Crippen LogP contribution is -2.54. The second-order valence-electron chi connectivity index (χ2n) is 8.60. The third kappa shape index (κ3) is 5.48. The molecule has 1 aromatic rings. The number of carbonyl (C=O) groups excluding carboxylic acids is 1. The number of amides is 1. The highest BCUT2D eigenvalue weighted by molar-refractivity contribution is 7.98. The third-order valence-corrected chi connectivity index (χ3v) is 9.32. The van der Waals surface area contributed by atoms with Crippen LogP contribution in [0.3, 0.4) is 0 Å². The molecule has 3 fully saturated rings. The Labute approximate surface area is 195 Å². The van der Waals surface area contributed by atoms with Crippen molar-refractivity contribution in [3.05, 3.63) is 29.8 Å². The van der Waals surface area contributed by atoms with E-state index >= 15 is 0 Å². The molecule has 0 radical (unpaired) electrons. The Hall–Kier alpha value is -1.17. The summed E-state index contributed by atoms with van der Waals surface area (Å²) in [7, 11) is -3.59. The maximum atomic E-state index is 13.2. The van der Waals surface area contributed by atoms with Crippen LogP contribution in [-0.4, -0.2) is 80.9 Å². The highest BCUT2D eigenvalue weighted by Gasteiger charge is 2.44. The number of nitrogens with one attached hydrogen (secondary N) is 1. The molecule has 178 valence electrons. The van der Waals surface area contributed by atoms with Gasteiger partial charge in [0.1, 0.15) is 0 Å². The molecule has 32 heavy (non-hydrogen) atoms. The van der Waals surface area contributed by atoms with Gasteiger partial charge in [0.2, 0.25) is 5.91 Å². The normalized spacial score (nSPS) is 24.6. The highest BCUT2D eigenvalue weighted by atomic mass is 32.2. The van der Waals surface area contributed by atoms with Crippen LogP contribution in [0.2, 0.25) is 0 Å². The zero-order chi connectivity index (χ0) is 22.6. The van der Waals surface area contributed by atoms with Gasteiger partial charge >= 0.3 is 0 Å². The predicted octanol–water partition coefficient (Wildman–Crippen LogP) is 1.86. The first-order valence-corrected chi connectivity index (χ1v) is 14.0. The average Bonchev–Trinajstić information content (AvgIpc) is 3.27. The van der Waals surface area contributed by atoms with Crippen LogP contribution in [0.25, 0.3) is 0 Å². The molecule has 0 bridgehead atoms. The fraction of sp³-hybridized carbons (Fsp3) is 0.682. The van der Waals surface area contributed by atoms with Crippen LogP contribution in [-0.2, 0) is 30.9 Å². The van der Waals surface area contributed by atoms with E-state index in [-0.39, 0.29) is 18.4 Å². The number of nitrogens with zero attached hydrogens (tertiary/aromatic N) is 2. The van der Waals surface area contributed by atoms with Gasteiger partial charge in [-0.15, -0.1) is 11.8 Å². The molecule has 1 atom stereocenters. The zero-order valence-corrected chi connectivity index (χ0v) is 20.3. The van der Waals surface area contributed by atoms with Crippen LogP contribution in [0.5, 0.6) is 0 Å². The van der Waals surface area contributed by atoms with E-state index in [9.17, 15) is 13.2 Å². The largest absolute Gasteiger partial charge is 0.355 e. The molecule has 10 heteroatoms. The molecule has 1 aromatic carbocycles. The Morgan fingerprint density at radius 3 is 2.47 bits per heavy atom. The van der Waals surface area contributed by atoms with Crippen LogP contribution in [0.4, 0.5) is 0 Å². The van der Waals surface area contributed by atoms with Crippen LogP contribution >= 0.6 is 11.8 Å². The van der Waals surface area contributed by atoms with Crippen LogP contribution in [0, 0.1) is 5.92 Å². The van der Waals surface area contributed by atoms with Crippen molar-refractivity contribution < 1.29 is 22.7 Å². The van der Waals surface area contributed by atoms with Gasteiger partial charge in [0.05, 0.1) is 19.1 Å². The summed E-state index contributed by atoms with van der Waals surface area (Å²) in [6.45, 7) is 3.15. The van der Waals surface area contributed by atoms with Gasteiger partial charge in [0, 0.05) is 50.5 Å². The monoisotopic (exact) mass is 483 g/mol. The van der Waals surface area contributed by atoms with E-state index in [1.165, 1.54) is 19.1 Å². The fourth-order valence-corrected chi connectivity index (χ4v) is 6.75. The SMILES string of the molecule is CSc1ccc(CCNC(=O)[C@@H]2CCCN(S(=O)(=O)N3CCC4(CC3)OCCO4)C2)cc1. The van der Waals surface area contributed by atoms with E-state index in [0.717, 1.165) is 6.42 Å². The van der Waals surface area contributed by atoms with Gasteiger partial charge in [0.15, 0.2) is 5.79 Å². The Morgan fingerprint density at radius 2 is 1.81 bits per heavy atom. The first-order valence-electron chi connectivity index (χ1n) is 11.4. The second kappa shape index (κ2) is 10.4. The Balaban J connectivity index is 1.26. The summed E-state index contributed by atoms with van der Waals surface area (Å²) in [5.41, 5.74) is 1.18. The minimum Gasteiger partial charge on any atom is -0.355 e. The quantitative estimate of drug-likeness (QED) is 0.596. The molecule has 0 unspecified atom stereocenters. The van der Waals surface area contributed by atoms with Gasteiger partial charge in [-0.05, 0) is 43.2 Å². The first-order chi connectivity index (χ1) is 15.4. The lowest BCUT2D eigenvalue weighted by atomic mass is 9.99. The maximum Gasteiger partial charge on any atom is 0.282 e. The second-order valence-corrected chi connectivity index (χ2v) is 11.4. The first kappa shape index (κ1) is 24.0. The van der Waals surface area contributed by atoms with Crippen molar-refractivity contribution in [1.29, 1.82) is 0 Å². The summed E-state index contributed by atoms with van der Waals surface area (Å²) in [4.78, 5) is 13.9. The van der Waals surface area contributed by atoms with Gasteiger partial charge < -0.3 is 14.8 Å². The molecular weight excluding hydrogens is 450 g/mol. The van der Waals surface area contributed by atoms with Crippen molar-refractivity contribution in [2.75, 3.05) is 52.2 Å². The average molecular weight is 484 g/mol. The number of ether oxygens (including phenoxy) is 2. The predicted molar refractivity (Wildman–Crippen MR) is 124 cm³/mol. The number of hydrogen-bond donors (Lipinski definition) is 1. The van der Waals surface area contributed by atoms with Crippen molar-refractivity contribution in [3.63, 3.8) is 0 Å². The molecule has 3 heterocycles. The minimum absolute atomic E-state index is 0.0593. The molecule has 0 aliphatic carbocycles. The summed E-state index contributed by atoms with van der Waals surface area (Å²) in [5, 5.41) is 3.00. The van der Waals surface area contributed by atoms with Crippen molar-refractivity contribution in [1.82, 2.24) is 13.9 Å². The van der Waals surface area contributed by atoms with Gasteiger partial charge in [0.25, 0.3) is 10.2 Å². The van der Waals surface area contributed by atoms with Gasteiger partial charge in [-0.1, -0.05) is 12.1 Å². The van der Waals surface area contributed by atoms with Crippen molar-refractivity contribution in [2.24, 2.45) is 5.92 Å². The summed E-state index contributed by atoms with van der Waals surface area (Å²) < 4.78 is 40.8. The Morgan fingerprint density at radius 1 is 1.12 bits per heavy atom. The third-order valence-electron chi connectivity index (χ3n) is 6.58. The molecule has 4 rings (SSSR count). The Kier molecular flexibility index (Phi) is 7.79. The highest BCUT2D eigenvalue weighted by Crippen LogP contribution is 2.33. The number of benzene rings is 1. The lowest BCUT2D eigenvalue weighted by Gasteiger charge is -2.40. The molecule has 3 aliphatic heterocycles. The summed E-state index contributed by atoms with van der Waals surface area (Å²) in [5.74, 6) is -0.975. The molecule has 0 saturated carbocycles. The van der Waals surface area contributed by atoms with Gasteiger partial charge in [-0.3, -0.25) is 4.79 Å². The van der Waals surface area contributed by atoms with E-state index < -0.39 is 16.0 Å². The number of hydrogen-bond acceptors (Lipinski definition) is 6. The minimum atomic E-state index is -3.59. The molecule has 8 nitrogen and oxygen atoms in total. The van der Waals surface area contributed by atoms with E-state index in [4.69, 9.17) is 9.47 Å². The van der Waals surface area contributed by atoms with Crippen LogP contribution in [0.15, 0.2) is 29.2 Å². The standard InChI is InChI=1S/C22H33N3O5S2/c1-31-20-6-4-18(5-7-20)8-11-23-21(26)19-3-2-12-25(17-19)32(27,28)24-13-9-22(10-14-24)29-15-16-30-22/h4-7,19H,2-3,8-17H2,1H3,(H,23,26)/t19-/m1/s1. The molecule has 3 aliphatic rings. The number of rotatable bonds is 7. The molecular formula is C22H33N3O5S2. The molecule has 3 saturated heterocycles. The number of thioether (sulfide) groups is 1. The smallest absolute Gasteiger partial charge is 0.282 e. The van der Waals surface area contributed by atoms with Crippen LogP contribution < -0.4 is 5.32 Å². The maximum absolute atomic E-state index is 13.2. The number of piperidine rings is 2. The number of carbonyl (C=O) groups is 1. The van der Waals surface area contributed by atoms with Crippen molar-refractivity contribution >= 4 is 27.9 Å². The van der Waals surface area contributed by atoms with Crippen LogP contribution in [0.1, 0.15) is 31.2 Å². The topological polar surface area (TPSA) is 88.2 Å². The van der Waals surface area contributed by atoms with Gasteiger partial charge in [-0.2, -0.15) is 17.0 Å². The summed E-state index contributed by atoms with van der Waals surface area (Å²) in [6.07, 6.45) is 5.30. The fourth-order valence-electron chi connectivity index (χ4n) is 4.64. The summed E-state index contributed by atoms with van der Waals surface area (Å²) >= 11 is 1.70. The van der Waals surface area contributed by atoms with E-state index in [1.807, 2.05) is 6.26 Å². The van der Waals surface area contributed by atoms with E-state index in [2.05, 4.69) is 29.6 Å². The molecule has 1 spiro atoms. The molecule has 1 amide bonds. The van der Waals surface area contributed by atoms with E-state index in [1.54, 1.807) is 11.8 Å². The zero-order valence-electron chi connectivity index (χ0n) is 18.6. The van der Waals surface area contributed by atoms with E-state index in [0.29, 0.717) is 65.1 Å². The summed E-state index contributed by atoms with van der Waals surface area (Å²) in [6, 6.07) is 8.33. The van der Waals surface area contributed by atoms with Gasteiger partial charge in [-0.25, -0.2) is 0 Å². The lowest BCUT2D eigenvalue weighted by molar-refractivity contribution is -0.179. The molecule has 0 aromatic heterocycles. The van der Waals surface area contributed by atoms with Crippen molar-refractivity contribution in [3.8, 4) is 0 Å². The van der Waals surface area contributed by atoms with Crippen molar-refractivity contribution in [2.45, 2.75) is 42.8 Å². The molecule has 1 N–H and O–H groups in total. The Bertz CT molecular complexity index is 877.